The fourth-order valence-electron chi connectivity index (χ4n) is 2.36. The second-order valence-corrected chi connectivity index (χ2v) is 4.98. The lowest BCUT2D eigenvalue weighted by Gasteiger charge is -2.15. The van der Waals surface area contributed by atoms with E-state index in [4.69, 9.17) is 0 Å². The summed E-state index contributed by atoms with van der Waals surface area (Å²) < 4.78 is 0. The van der Waals surface area contributed by atoms with Crippen LogP contribution in [0.1, 0.15) is 25.0 Å². The quantitative estimate of drug-likeness (QED) is 0.789. The van der Waals surface area contributed by atoms with Gasteiger partial charge in [0.25, 0.3) is 0 Å². The first-order valence-corrected chi connectivity index (χ1v) is 6.29. The molecule has 6 heteroatoms. The van der Waals surface area contributed by atoms with Gasteiger partial charge in [0.05, 0.1) is 18.2 Å². The van der Waals surface area contributed by atoms with Crippen LogP contribution in [0.5, 0.6) is 0 Å². The third-order valence-corrected chi connectivity index (χ3v) is 3.53. The molecule has 6 nitrogen and oxygen atoms in total. The van der Waals surface area contributed by atoms with Crippen LogP contribution in [0.15, 0.2) is 12.3 Å². The number of carbonyl (C=O) groups is 2. The number of nitrogens with one attached hydrogen (secondary N) is 2. The molecule has 1 aliphatic carbocycles. The molecule has 96 valence electrons. The number of aromatic amines is 1. The van der Waals surface area contributed by atoms with E-state index in [-0.39, 0.29) is 17.7 Å². The molecule has 2 aliphatic rings. The second kappa shape index (κ2) is 4.44. The number of amides is 2. The van der Waals surface area contributed by atoms with Crippen LogP contribution in [0.3, 0.4) is 0 Å². The zero-order valence-corrected chi connectivity index (χ0v) is 10.1. The minimum Gasteiger partial charge on any atom is -0.350 e. The summed E-state index contributed by atoms with van der Waals surface area (Å²) in [6.45, 7) is 1.02. The Morgan fingerprint density at radius 3 is 3.06 bits per heavy atom. The van der Waals surface area contributed by atoms with Crippen LogP contribution in [0.25, 0.3) is 0 Å². The zero-order valence-electron chi connectivity index (χ0n) is 10.1. The van der Waals surface area contributed by atoms with Crippen molar-refractivity contribution in [2.75, 3.05) is 6.54 Å². The number of carbonyl (C=O) groups excluding carboxylic acids is 2. The van der Waals surface area contributed by atoms with Crippen molar-refractivity contribution in [3.05, 3.63) is 18.0 Å². The normalized spacial score (nSPS) is 23.4. The predicted octanol–water partition coefficient (Wildman–Crippen LogP) is 0.0368. The number of rotatable bonds is 4. The number of aromatic nitrogens is 2. The van der Waals surface area contributed by atoms with Crippen LogP contribution in [-0.2, 0) is 16.1 Å². The molecule has 2 heterocycles. The Hall–Kier alpha value is -1.85. The number of hydrogen-bond donors (Lipinski definition) is 2. The Balaban J connectivity index is 1.52. The summed E-state index contributed by atoms with van der Waals surface area (Å²) in [6, 6.07) is 2.22. The van der Waals surface area contributed by atoms with E-state index >= 15 is 0 Å². The smallest absolute Gasteiger partial charge is 0.225 e. The molecule has 1 saturated carbocycles. The highest BCUT2D eigenvalue weighted by Gasteiger charge is 2.41. The maximum atomic E-state index is 12.0. The van der Waals surface area contributed by atoms with Crippen LogP contribution in [-0.4, -0.2) is 39.5 Å². The van der Waals surface area contributed by atoms with Crippen LogP contribution in [0, 0.1) is 5.92 Å². The molecule has 0 bridgehead atoms. The molecule has 2 amide bonds. The van der Waals surface area contributed by atoms with Gasteiger partial charge in [-0.25, -0.2) is 0 Å². The zero-order chi connectivity index (χ0) is 12.5. The molecule has 18 heavy (non-hydrogen) atoms. The third kappa shape index (κ3) is 2.23. The lowest BCUT2D eigenvalue weighted by atomic mass is 10.1. The van der Waals surface area contributed by atoms with Crippen LogP contribution < -0.4 is 5.32 Å². The van der Waals surface area contributed by atoms with Gasteiger partial charge in [-0.15, -0.1) is 0 Å². The van der Waals surface area contributed by atoms with Gasteiger partial charge in [-0.1, -0.05) is 0 Å². The highest BCUT2D eigenvalue weighted by Crippen LogP contribution is 2.32. The Morgan fingerprint density at radius 1 is 1.56 bits per heavy atom. The Bertz CT molecular complexity index is 453. The van der Waals surface area contributed by atoms with Gasteiger partial charge in [-0.05, 0) is 18.9 Å². The van der Waals surface area contributed by atoms with Crippen LogP contribution in [0.4, 0.5) is 0 Å². The van der Waals surface area contributed by atoms with Crippen molar-refractivity contribution in [2.45, 2.75) is 31.8 Å². The molecular weight excluding hydrogens is 232 g/mol. The Labute approximate surface area is 105 Å². The Kier molecular flexibility index (Phi) is 2.77. The lowest BCUT2D eigenvalue weighted by Crippen LogP contribution is -2.33. The van der Waals surface area contributed by atoms with Gasteiger partial charge in [0.15, 0.2) is 0 Å². The first-order chi connectivity index (χ1) is 8.74. The van der Waals surface area contributed by atoms with E-state index in [1.165, 1.54) is 0 Å². The van der Waals surface area contributed by atoms with Gasteiger partial charge in [0.1, 0.15) is 0 Å². The molecule has 1 aromatic rings. The third-order valence-electron chi connectivity index (χ3n) is 3.53. The van der Waals surface area contributed by atoms with Gasteiger partial charge in [0.2, 0.25) is 11.8 Å². The standard InChI is InChI=1S/C12H16N4O2/c17-11-5-8(7-16(11)10-1-2-10)12(18)13-6-9-3-4-14-15-9/h3-4,8,10H,1-2,5-7H2,(H,13,18)(H,14,15). The molecule has 3 rings (SSSR count). The molecule has 1 aromatic heterocycles. The largest absolute Gasteiger partial charge is 0.350 e. The Morgan fingerprint density at radius 2 is 2.39 bits per heavy atom. The summed E-state index contributed by atoms with van der Waals surface area (Å²) in [6.07, 6.45) is 4.18. The highest BCUT2D eigenvalue weighted by molar-refractivity contribution is 5.89. The minimum absolute atomic E-state index is 0.0406. The van der Waals surface area contributed by atoms with E-state index in [1.54, 1.807) is 6.20 Å². The SMILES string of the molecule is O=C(NCc1ccn[nH]1)C1CC(=O)N(C2CC2)C1. The van der Waals surface area contributed by atoms with E-state index < -0.39 is 0 Å². The maximum Gasteiger partial charge on any atom is 0.225 e. The molecule has 0 radical (unpaired) electrons. The molecule has 2 fully saturated rings. The molecular formula is C12H16N4O2. The summed E-state index contributed by atoms with van der Waals surface area (Å²) in [5.74, 6) is -0.110. The summed E-state index contributed by atoms with van der Waals surface area (Å²) in [5, 5.41) is 9.44. The first kappa shape index (κ1) is 11.3. The fourth-order valence-corrected chi connectivity index (χ4v) is 2.36. The predicted molar refractivity (Wildman–Crippen MR) is 63.3 cm³/mol. The molecule has 1 aliphatic heterocycles. The van der Waals surface area contributed by atoms with Gasteiger partial charge in [-0.2, -0.15) is 5.10 Å². The van der Waals surface area contributed by atoms with Gasteiger partial charge < -0.3 is 10.2 Å². The number of H-pyrrole nitrogens is 1. The van der Waals surface area contributed by atoms with E-state index in [0.29, 0.717) is 25.6 Å². The van der Waals surface area contributed by atoms with E-state index in [0.717, 1.165) is 18.5 Å². The van der Waals surface area contributed by atoms with Crippen molar-refractivity contribution in [2.24, 2.45) is 5.92 Å². The fraction of sp³-hybridized carbons (Fsp3) is 0.583. The number of nitrogens with zero attached hydrogens (tertiary/aromatic N) is 2. The summed E-state index contributed by atoms with van der Waals surface area (Å²) in [4.78, 5) is 25.5. The second-order valence-electron chi connectivity index (χ2n) is 4.98. The molecule has 0 spiro atoms. The van der Waals surface area contributed by atoms with Gasteiger partial charge in [0, 0.05) is 25.2 Å². The maximum absolute atomic E-state index is 12.0. The summed E-state index contributed by atoms with van der Waals surface area (Å²) >= 11 is 0. The molecule has 1 atom stereocenters. The highest BCUT2D eigenvalue weighted by atomic mass is 16.2. The molecule has 1 unspecified atom stereocenters. The van der Waals surface area contributed by atoms with Crippen molar-refractivity contribution >= 4 is 11.8 Å². The lowest BCUT2D eigenvalue weighted by molar-refractivity contribution is -0.129. The molecule has 2 N–H and O–H groups in total. The summed E-state index contributed by atoms with van der Waals surface area (Å²) in [5.41, 5.74) is 0.867. The number of hydrogen-bond acceptors (Lipinski definition) is 3. The summed E-state index contributed by atoms with van der Waals surface area (Å²) in [7, 11) is 0. The average molecular weight is 248 g/mol. The topological polar surface area (TPSA) is 78.1 Å². The van der Waals surface area contributed by atoms with Crippen molar-refractivity contribution in [1.82, 2.24) is 20.4 Å². The van der Waals surface area contributed by atoms with E-state index in [1.807, 2.05) is 11.0 Å². The van der Waals surface area contributed by atoms with Crippen LogP contribution >= 0.6 is 0 Å². The minimum atomic E-state index is -0.193. The van der Waals surface area contributed by atoms with E-state index in [9.17, 15) is 9.59 Å². The molecule has 1 saturated heterocycles. The van der Waals surface area contributed by atoms with Crippen molar-refractivity contribution in [3.8, 4) is 0 Å². The van der Waals surface area contributed by atoms with Crippen molar-refractivity contribution in [1.29, 1.82) is 0 Å². The molecule has 0 aromatic carbocycles. The average Bonchev–Trinajstić information content (AvgIpc) is 2.92. The van der Waals surface area contributed by atoms with Crippen molar-refractivity contribution < 1.29 is 9.59 Å². The van der Waals surface area contributed by atoms with Gasteiger partial charge in [-0.3, -0.25) is 14.7 Å². The van der Waals surface area contributed by atoms with Crippen LogP contribution in [0.2, 0.25) is 0 Å². The van der Waals surface area contributed by atoms with Gasteiger partial charge >= 0.3 is 0 Å². The monoisotopic (exact) mass is 248 g/mol. The van der Waals surface area contributed by atoms with E-state index in [2.05, 4.69) is 15.5 Å². The number of likely N-dealkylation sites (tertiary alicyclic amines) is 1. The van der Waals surface area contributed by atoms with Crippen molar-refractivity contribution in [3.63, 3.8) is 0 Å². The first-order valence-electron chi connectivity index (χ1n) is 6.29.